The van der Waals surface area contributed by atoms with Gasteiger partial charge in [0.1, 0.15) is 11.3 Å². The monoisotopic (exact) mass is 463 g/mol. The Labute approximate surface area is 198 Å². The summed E-state index contributed by atoms with van der Waals surface area (Å²) in [5, 5.41) is 2.56. The maximum absolute atomic E-state index is 13.4. The Balaban J connectivity index is 2.06. The summed E-state index contributed by atoms with van der Waals surface area (Å²) in [5.41, 5.74) is 1.95. The first-order valence-corrected chi connectivity index (χ1v) is 11.5. The molecule has 0 N–H and O–H groups in total. The molecule has 0 saturated carbocycles. The maximum atomic E-state index is 13.4. The molecular formula is C27H26ClNO4. The second kappa shape index (κ2) is 10.1. The van der Waals surface area contributed by atoms with Crippen molar-refractivity contribution in [1.82, 2.24) is 0 Å². The van der Waals surface area contributed by atoms with Gasteiger partial charge in [-0.1, -0.05) is 67.1 Å². The number of hydrogen-bond donors (Lipinski definition) is 0. The molecule has 0 bridgehead atoms. The van der Waals surface area contributed by atoms with Crippen LogP contribution in [0.5, 0.6) is 5.75 Å². The smallest absolute Gasteiger partial charge is 0.340 e. The summed E-state index contributed by atoms with van der Waals surface area (Å²) in [4.78, 5) is 18.0. The van der Waals surface area contributed by atoms with Crippen LogP contribution in [0.2, 0.25) is 5.02 Å². The summed E-state index contributed by atoms with van der Waals surface area (Å²) in [6.07, 6.45) is 0.554. The molecule has 3 aromatic rings. The molecule has 170 valence electrons. The molecule has 0 aromatic heterocycles. The van der Waals surface area contributed by atoms with E-state index in [-0.39, 0.29) is 12.5 Å². The summed E-state index contributed by atoms with van der Waals surface area (Å²) in [7, 11) is 0. The first kappa shape index (κ1) is 22.9. The number of benzene rings is 3. The SMILES string of the molecule is CCOC(=O)C1=C(/N=C(\CC)OCC)Oc2ccc3ccccc3c2C1c1ccccc1Cl. The molecule has 0 saturated heterocycles. The lowest BCUT2D eigenvalue weighted by Crippen LogP contribution is -2.24. The normalized spacial score (nSPS) is 15.8. The minimum atomic E-state index is -0.522. The molecule has 0 spiro atoms. The van der Waals surface area contributed by atoms with E-state index in [9.17, 15) is 4.79 Å². The fraction of sp³-hybridized carbons (Fsp3) is 0.259. The van der Waals surface area contributed by atoms with Gasteiger partial charge in [-0.05, 0) is 42.3 Å². The highest BCUT2D eigenvalue weighted by Gasteiger charge is 2.38. The molecule has 3 aromatic carbocycles. The predicted molar refractivity (Wildman–Crippen MR) is 131 cm³/mol. The van der Waals surface area contributed by atoms with Crippen molar-refractivity contribution in [2.24, 2.45) is 4.99 Å². The molecule has 0 amide bonds. The van der Waals surface area contributed by atoms with Crippen molar-refractivity contribution in [2.45, 2.75) is 33.1 Å². The number of hydrogen-bond acceptors (Lipinski definition) is 5. The standard InChI is InChI=1S/C27H26ClNO4/c1-4-22(31-5-2)29-26-25(27(30)32-6-3)24(19-13-9-10-14-20(19)28)23-18-12-8-7-11-17(18)15-16-21(23)33-26/h7-16,24H,4-6H2,1-3H3/b29-22+. The molecule has 1 aliphatic rings. The quantitative estimate of drug-likeness (QED) is 0.233. The van der Waals surface area contributed by atoms with Crippen LogP contribution in [-0.4, -0.2) is 25.1 Å². The number of aliphatic imine (C=N–C) groups is 1. The van der Waals surface area contributed by atoms with Crippen molar-refractivity contribution in [2.75, 3.05) is 13.2 Å². The minimum absolute atomic E-state index is 0.173. The van der Waals surface area contributed by atoms with E-state index >= 15 is 0 Å². The Kier molecular flexibility index (Phi) is 6.99. The zero-order chi connectivity index (χ0) is 23.4. The first-order valence-electron chi connectivity index (χ1n) is 11.1. The van der Waals surface area contributed by atoms with E-state index in [4.69, 9.17) is 25.8 Å². The number of ether oxygens (including phenoxy) is 3. The molecular weight excluding hydrogens is 438 g/mol. The van der Waals surface area contributed by atoms with Gasteiger partial charge in [0, 0.05) is 17.0 Å². The summed E-state index contributed by atoms with van der Waals surface area (Å²) < 4.78 is 17.4. The zero-order valence-electron chi connectivity index (χ0n) is 18.9. The number of esters is 1. The predicted octanol–water partition coefficient (Wildman–Crippen LogP) is 6.64. The third-order valence-corrected chi connectivity index (χ3v) is 5.84. The van der Waals surface area contributed by atoms with Crippen LogP contribution in [0.3, 0.4) is 0 Å². The highest BCUT2D eigenvalue weighted by atomic mass is 35.5. The van der Waals surface area contributed by atoms with Gasteiger partial charge >= 0.3 is 5.97 Å². The number of rotatable bonds is 6. The van der Waals surface area contributed by atoms with Gasteiger partial charge in [-0.25, -0.2) is 4.79 Å². The Hall–Kier alpha value is -3.31. The van der Waals surface area contributed by atoms with E-state index in [1.54, 1.807) is 6.92 Å². The van der Waals surface area contributed by atoms with Gasteiger partial charge in [-0.2, -0.15) is 4.99 Å². The first-order chi connectivity index (χ1) is 16.1. The van der Waals surface area contributed by atoms with Gasteiger partial charge in [-0.15, -0.1) is 0 Å². The zero-order valence-corrected chi connectivity index (χ0v) is 19.7. The van der Waals surface area contributed by atoms with Gasteiger partial charge in [0.15, 0.2) is 5.90 Å². The third kappa shape index (κ3) is 4.46. The third-order valence-electron chi connectivity index (χ3n) is 5.50. The Bertz CT molecular complexity index is 1250. The molecule has 1 aliphatic heterocycles. The van der Waals surface area contributed by atoms with E-state index < -0.39 is 11.9 Å². The molecule has 0 fully saturated rings. The Morgan fingerprint density at radius 1 is 0.970 bits per heavy atom. The molecule has 1 atom stereocenters. The van der Waals surface area contributed by atoms with Gasteiger partial charge in [0.05, 0.1) is 19.1 Å². The molecule has 1 unspecified atom stereocenters. The second-order valence-corrected chi connectivity index (χ2v) is 7.89. The lowest BCUT2D eigenvalue weighted by molar-refractivity contribution is -0.139. The molecule has 33 heavy (non-hydrogen) atoms. The largest absolute Gasteiger partial charge is 0.481 e. The maximum Gasteiger partial charge on any atom is 0.340 e. The summed E-state index contributed by atoms with van der Waals surface area (Å²) in [5.74, 6) is 0.262. The number of nitrogens with zero attached hydrogens (tertiary/aromatic N) is 1. The van der Waals surface area contributed by atoms with Crippen molar-refractivity contribution >= 4 is 34.2 Å². The molecule has 0 aliphatic carbocycles. The molecule has 0 radical (unpaired) electrons. The summed E-state index contributed by atoms with van der Waals surface area (Å²) >= 11 is 6.68. The lowest BCUT2D eigenvalue weighted by Gasteiger charge is -2.30. The van der Waals surface area contributed by atoms with Gasteiger partial charge in [0.2, 0.25) is 5.88 Å². The van der Waals surface area contributed by atoms with Crippen molar-refractivity contribution in [3.63, 3.8) is 0 Å². The van der Waals surface area contributed by atoms with Crippen LogP contribution in [-0.2, 0) is 14.3 Å². The van der Waals surface area contributed by atoms with Gasteiger partial charge < -0.3 is 14.2 Å². The lowest BCUT2D eigenvalue weighted by atomic mass is 9.80. The van der Waals surface area contributed by atoms with Crippen LogP contribution in [0.1, 0.15) is 44.2 Å². The highest BCUT2D eigenvalue weighted by molar-refractivity contribution is 6.31. The minimum Gasteiger partial charge on any atom is -0.481 e. The highest BCUT2D eigenvalue weighted by Crippen LogP contribution is 2.48. The van der Waals surface area contributed by atoms with Crippen LogP contribution < -0.4 is 4.74 Å². The number of fused-ring (bicyclic) bond motifs is 3. The van der Waals surface area contributed by atoms with Gasteiger partial charge in [-0.3, -0.25) is 0 Å². The van der Waals surface area contributed by atoms with Crippen molar-refractivity contribution < 1.29 is 19.0 Å². The van der Waals surface area contributed by atoms with E-state index in [2.05, 4.69) is 4.99 Å². The summed E-state index contributed by atoms with van der Waals surface area (Å²) in [6.45, 7) is 6.29. The van der Waals surface area contributed by atoms with Crippen LogP contribution in [0.4, 0.5) is 0 Å². The van der Waals surface area contributed by atoms with Crippen LogP contribution in [0, 0.1) is 0 Å². The molecule has 4 rings (SSSR count). The average Bonchev–Trinajstić information content (AvgIpc) is 2.83. The van der Waals surface area contributed by atoms with Crippen LogP contribution >= 0.6 is 11.6 Å². The van der Waals surface area contributed by atoms with Gasteiger partial charge in [0.25, 0.3) is 0 Å². The van der Waals surface area contributed by atoms with E-state index in [0.29, 0.717) is 35.3 Å². The van der Waals surface area contributed by atoms with E-state index in [1.807, 2.05) is 74.5 Å². The van der Waals surface area contributed by atoms with Crippen LogP contribution in [0.15, 0.2) is 77.1 Å². The topological polar surface area (TPSA) is 57.1 Å². The van der Waals surface area contributed by atoms with Crippen molar-refractivity contribution in [3.8, 4) is 5.75 Å². The fourth-order valence-corrected chi connectivity index (χ4v) is 4.34. The van der Waals surface area contributed by atoms with Crippen molar-refractivity contribution in [1.29, 1.82) is 0 Å². The molecule has 6 heteroatoms. The number of carbonyl (C=O) groups excluding carboxylic acids is 1. The molecule has 1 heterocycles. The molecule has 5 nitrogen and oxygen atoms in total. The summed E-state index contributed by atoms with van der Waals surface area (Å²) in [6, 6.07) is 19.4. The number of carbonyl (C=O) groups is 1. The average molecular weight is 464 g/mol. The fourth-order valence-electron chi connectivity index (χ4n) is 4.10. The van der Waals surface area contributed by atoms with E-state index in [1.165, 1.54) is 0 Å². The van der Waals surface area contributed by atoms with Crippen LogP contribution in [0.25, 0.3) is 10.8 Å². The van der Waals surface area contributed by atoms with Crippen molar-refractivity contribution in [3.05, 3.63) is 88.3 Å². The Morgan fingerprint density at radius 2 is 1.70 bits per heavy atom. The van der Waals surface area contributed by atoms with E-state index in [0.717, 1.165) is 21.9 Å². The number of halogens is 1. The second-order valence-electron chi connectivity index (χ2n) is 7.49. The Morgan fingerprint density at radius 3 is 2.42 bits per heavy atom.